The van der Waals surface area contributed by atoms with Crippen LogP contribution in [-0.4, -0.2) is 58.9 Å². The molecule has 39 heavy (non-hydrogen) atoms. The van der Waals surface area contributed by atoms with Gasteiger partial charge in [-0.25, -0.2) is 14.2 Å². The fourth-order valence-electron chi connectivity index (χ4n) is 4.18. The van der Waals surface area contributed by atoms with E-state index in [1.807, 2.05) is 18.3 Å². The summed E-state index contributed by atoms with van der Waals surface area (Å²) >= 11 is 0. The molecule has 2 amide bonds. The number of halogens is 1. The molecule has 3 heterocycles. The number of hydrogen-bond acceptors (Lipinski definition) is 4. The quantitative estimate of drug-likeness (QED) is 0.246. The monoisotopic (exact) mass is 525 g/mol. The number of aromatic nitrogens is 2. The second kappa shape index (κ2) is 12.1. The molecule has 9 nitrogen and oxygen atoms in total. The Labute approximate surface area is 225 Å². The van der Waals surface area contributed by atoms with Gasteiger partial charge < -0.3 is 19.9 Å². The number of morpholine rings is 1. The molecule has 3 N–H and O–H groups in total. The second-order valence-electron chi connectivity index (χ2n) is 8.90. The Hall–Kier alpha value is -4.83. The molecule has 1 aliphatic rings. The van der Waals surface area contributed by atoms with Gasteiger partial charge in [-0.15, -0.1) is 0 Å². The molecular formula is C29H28FN7O2. The highest BCUT2D eigenvalue weighted by Crippen LogP contribution is 2.19. The van der Waals surface area contributed by atoms with Crippen LogP contribution in [0.5, 0.6) is 0 Å². The summed E-state index contributed by atoms with van der Waals surface area (Å²) in [4.78, 5) is 28.9. The van der Waals surface area contributed by atoms with Crippen LogP contribution in [-0.2, 0) is 11.3 Å². The first-order valence-corrected chi connectivity index (χ1v) is 12.5. The van der Waals surface area contributed by atoms with Gasteiger partial charge in [-0.05, 0) is 66.2 Å². The van der Waals surface area contributed by atoms with Gasteiger partial charge in [-0.1, -0.05) is 12.1 Å². The van der Waals surface area contributed by atoms with Gasteiger partial charge in [0, 0.05) is 36.7 Å². The van der Waals surface area contributed by atoms with E-state index in [2.05, 4.69) is 25.2 Å². The fourth-order valence-corrected chi connectivity index (χ4v) is 4.18. The molecule has 1 fully saturated rings. The zero-order chi connectivity index (χ0) is 27.0. The minimum atomic E-state index is -0.366. The number of nitrogens with zero attached hydrogens (tertiary/aromatic N) is 4. The third-order valence-corrected chi connectivity index (χ3v) is 6.23. The maximum Gasteiger partial charge on any atom is 0.326 e. The molecule has 0 radical (unpaired) electrons. The summed E-state index contributed by atoms with van der Waals surface area (Å²) in [5.41, 5.74) is 3.39. The Balaban J connectivity index is 1.31. The van der Waals surface area contributed by atoms with Gasteiger partial charge in [0.2, 0.25) is 0 Å². The van der Waals surface area contributed by atoms with Gasteiger partial charge in [0.15, 0.2) is 11.7 Å². The van der Waals surface area contributed by atoms with Crippen LogP contribution in [0.4, 0.5) is 20.6 Å². The molecule has 0 saturated carbocycles. The van der Waals surface area contributed by atoms with Gasteiger partial charge in [0.05, 0.1) is 37.3 Å². The highest BCUT2D eigenvalue weighted by Gasteiger charge is 2.20. The molecule has 0 unspecified atom stereocenters. The Kier molecular flexibility index (Phi) is 8.03. The predicted molar refractivity (Wildman–Crippen MR) is 149 cm³/mol. The number of carbonyl (C=O) groups excluding carboxylic acids is 1. The number of benzene rings is 2. The fraction of sp³-hybridized carbons (Fsp3) is 0.172. The number of nitrogens with one attached hydrogen (secondary N) is 3. The number of amidine groups is 2. The van der Waals surface area contributed by atoms with Gasteiger partial charge in [-0.2, -0.15) is 0 Å². The standard InChI is InChI=1S/C29H28FN7O2/c30-23-9-5-21(6-10-23)20-37(25-3-1-13-32-19-25)29(38)34-24-11-7-22(8-12-24)27(31)35-28(26-4-2-14-33-26)36-15-17-39-18-16-36/h1-14,19,31,33H,15-18,20H2,(H,34,38)/b31-27?,35-28+. The van der Waals surface area contributed by atoms with Crippen molar-refractivity contribution in [3.63, 3.8) is 0 Å². The third-order valence-electron chi connectivity index (χ3n) is 6.23. The normalized spacial score (nSPS) is 13.7. The van der Waals surface area contributed by atoms with Crippen LogP contribution in [0.25, 0.3) is 0 Å². The van der Waals surface area contributed by atoms with Crippen LogP contribution in [0.1, 0.15) is 16.8 Å². The second-order valence-corrected chi connectivity index (χ2v) is 8.90. The highest BCUT2D eigenvalue weighted by molar-refractivity contribution is 6.10. The Bertz CT molecular complexity index is 1420. The molecule has 198 valence electrons. The van der Waals surface area contributed by atoms with E-state index in [4.69, 9.17) is 10.1 Å². The summed E-state index contributed by atoms with van der Waals surface area (Å²) in [5, 5.41) is 11.5. The number of anilines is 2. The lowest BCUT2D eigenvalue weighted by Gasteiger charge is -2.29. The van der Waals surface area contributed by atoms with Crippen LogP contribution in [0, 0.1) is 11.2 Å². The summed E-state index contributed by atoms with van der Waals surface area (Å²) in [5.74, 6) is 0.465. The average Bonchev–Trinajstić information content (AvgIpc) is 3.51. The smallest absolute Gasteiger partial charge is 0.326 e. The minimum Gasteiger partial charge on any atom is -0.378 e. The summed E-state index contributed by atoms with van der Waals surface area (Å²) < 4.78 is 18.9. The zero-order valence-electron chi connectivity index (χ0n) is 21.2. The molecule has 2 aromatic carbocycles. The molecule has 1 aliphatic heterocycles. The molecule has 1 saturated heterocycles. The first-order valence-electron chi connectivity index (χ1n) is 12.5. The molecule has 0 atom stereocenters. The van der Waals surface area contributed by atoms with Crippen LogP contribution >= 0.6 is 0 Å². The van der Waals surface area contributed by atoms with Crippen molar-refractivity contribution in [2.45, 2.75) is 6.54 Å². The number of aliphatic imine (C=N–C) groups is 1. The van der Waals surface area contributed by atoms with Crippen molar-refractivity contribution in [3.8, 4) is 0 Å². The van der Waals surface area contributed by atoms with Crippen LogP contribution in [0.15, 0.2) is 96.4 Å². The number of rotatable bonds is 6. The van der Waals surface area contributed by atoms with Gasteiger partial charge in [0.1, 0.15) is 5.82 Å². The largest absolute Gasteiger partial charge is 0.378 e. The maximum atomic E-state index is 13.4. The zero-order valence-corrected chi connectivity index (χ0v) is 21.2. The average molecular weight is 526 g/mol. The third kappa shape index (κ3) is 6.55. The molecule has 5 rings (SSSR count). The molecular weight excluding hydrogens is 497 g/mol. The van der Waals surface area contributed by atoms with Crippen molar-refractivity contribution < 1.29 is 13.9 Å². The van der Waals surface area contributed by atoms with Crippen molar-refractivity contribution >= 4 is 29.1 Å². The van der Waals surface area contributed by atoms with Crippen molar-refractivity contribution in [1.29, 1.82) is 5.41 Å². The van der Waals surface area contributed by atoms with Crippen LogP contribution in [0.3, 0.4) is 0 Å². The summed E-state index contributed by atoms with van der Waals surface area (Å²) in [6, 6.07) is 20.0. The van der Waals surface area contributed by atoms with E-state index in [0.717, 1.165) is 11.3 Å². The topological polar surface area (TPSA) is 110 Å². The lowest BCUT2D eigenvalue weighted by Crippen LogP contribution is -2.41. The van der Waals surface area contributed by atoms with E-state index < -0.39 is 0 Å². The Morgan fingerprint density at radius 3 is 2.51 bits per heavy atom. The molecule has 2 aromatic heterocycles. The minimum absolute atomic E-state index is 0.109. The molecule has 0 spiro atoms. The molecule has 10 heteroatoms. The first-order chi connectivity index (χ1) is 19.1. The number of urea groups is 1. The lowest BCUT2D eigenvalue weighted by molar-refractivity contribution is 0.0682. The van der Waals surface area contributed by atoms with Crippen LogP contribution < -0.4 is 10.2 Å². The SMILES string of the molecule is N=C(/N=C(\c1ccc[nH]1)N1CCOCC1)c1ccc(NC(=O)N(Cc2ccc(F)cc2)c2cccnc2)cc1. The van der Waals surface area contributed by atoms with E-state index >= 15 is 0 Å². The van der Waals surface area contributed by atoms with Crippen LogP contribution in [0.2, 0.25) is 0 Å². The number of carbonyl (C=O) groups is 1. The summed E-state index contributed by atoms with van der Waals surface area (Å²) in [7, 11) is 0. The van der Waals surface area contributed by atoms with Gasteiger partial charge >= 0.3 is 6.03 Å². The maximum absolute atomic E-state index is 13.4. The predicted octanol–water partition coefficient (Wildman–Crippen LogP) is 4.89. The molecule has 0 aliphatic carbocycles. The number of H-pyrrole nitrogens is 1. The van der Waals surface area contributed by atoms with Crippen molar-refractivity contribution in [2.24, 2.45) is 4.99 Å². The first kappa shape index (κ1) is 25.8. The Morgan fingerprint density at radius 2 is 1.85 bits per heavy atom. The number of aromatic amines is 1. The van der Waals surface area contributed by atoms with E-state index in [1.165, 1.54) is 17.0 Å². The highest BCUT2D eigenvalue weighted by atomic mass is 19.1. The summed E-state index contributed by atoms with van der Waals surface area (Å²) in [6.07, 6.45) is 5.06. The van der Waals surface area contributed by atoms with Crippen molar-refractivity contribution in [1.82, 2.24) is 14.9 Å². The van der Waals surface area contributed by atoms with Crippen molar-refractivity contribution in [2.75, 3.05) is 36.5 Å². The van der Waals surface area contributed by atoms with E-state index in [-0.39, 0.29) is 24.2 Å². The molecule has 4 aromatic rings. The van der Waals surface area contributed by atoms with E-state index in [9.17, 15) is 9.18 Å². The molecule has 0 bridgehead atoms. The van der Waals surface area contributed by atoms with Gasteiger partial charge in [0.25, 0.3) is 0 Å². The van der Waals surface area contributed by atoms with Gasteiger partial charge in [-0.3, -0.25) is 15.3 Å². The summed E-state index contributed by atoms with van der Waals surface area (Å²) in [6.45, 7) is 2.85. The number of amides is 2. The Morgan fingerprint density at radius 1 is 1.08 bits per heavy atom. The number of hydrogen-bond donors (Lipinski definition) is 3. The van der Waals surface area contributed by atoms with E-state index in [0.29, 0.717) is 49.1 Å². The van der Waals surface area contributed by atoms with Crippen molar-refractivity contribution in [3.05, 3.63) is 114 Å². The lowest BCUT2D eigenvalue weighted by atomic mass is 10.2. The number of ether oxygens (including phenoxy) is 1. The van der Waals surface area contributed by atoms with E-state index in [1.54, 1.807) is 60.9 Å². The number of pyridine rings is 1.